The molecule has 3 nitrogen and oxygen atoms in total. The van der Waals surface area contributed by atoms with Gasteiger partial charge in [0.1, 0.15) is 0 Å². The summed E-state index contributed by atoms with van der Waals surface area (Å²) in [5.41, 5.74) is 0.245. The molecular weight excluding hydrogens is 144 g/mol. The van der Waals surface area contributed by atoms with Crippen molar-refractivity contribution in [1.29, 1.82) is 0 Å². The van der Waals surface area contributed by atoms with Crippen LogP contribution in [0, 0.1) is 0 Å². The van der Waals surface area contributed by atoms with Crippen molar-refractivity contribution in [3.63, 3.8) is 0 Å². The lowest BCUT2D eigenvalue weighted by Crippen LogP contribution is -1.95. The molecule has 0 aromatic rings. The zero-order valence-corrected chi connectivity index (χ0v) is 5.36. The van der Waals surface area contributed by atoms with E-state index < -0.39 is 11.9 Å². The van der Waals surface area contributed by atoms with Gasteiger partial charge in [0.15, 0.2) is 0 Å². The highest BCUT2D eigenvalue weighted by molar-refractivity contribution is 6.05. The van der Waals surface area contributed by atoms with Crippen molar-refractivity contribution in [2.75, 3.05) is 0 Å². The Bertz CT molecular complexity index is 155. The van der Waals surface area contributed by atoms with Gasteiger partial charge in [-0.25, -0.2) is 4.79 Å². The van der Waals surface area contributed by atoms with Crippen LogP contribution in [0.25, 0.3) is 0 Å². The molecule has 1 aliphatic rings. The van der Waals surface area contributed by atoms with Gasteiger partial charge in [-0.05, 0) is 0 Å². The Morgan fingerprint density at radius 2 is 2.00 bits per heavy atom. The molecule has 50 valence electrons. The summed E-state index contributed by atoms with van der Waals surface area (Å²) in [6, 6.07) is 0. The highest BCUT2D eigenvalue weighted by atomic mass is 35.5. The molecule has 1 heterocycles. The second kappa shape index (κ2) is 2.64. The van der Waals surface area contributed by atoms with Gasteiger partial charge in [-0.2, -0.15) is 0 Å². The third-order valence-corrected chi connectivity index (χ3v) is 0.853. The lowest BCUT2D eigenvalue weighted by Gasteiger charge is -1.80. The van der Waals surface area contributed by atoms with E-state index in [1.54, 1.807) is 0 Å². The van der Waals surface area contributed by atoms with Crippen molar-refractivity contribution < 1.29 is 14.3 Å². The van der Waals surface area contributed by atoms with Crippen LogP contribution in [0.4, 0.5) is 0 Å². The zero-order valence-electron chi connectivity index (χ0n) is 4.55. The summed E-state index contributed by atoms with van der Waals surface area (Å²) >= 11 is 0. The predicted molar refractivity (Wildman–Crippen MR) is 32.1 cm³/mol. The molecule has 0 aromatic carbocycles. The highest BCUT2D eigenvalue weighted by Gasteiger charge is 2.24. The first-order valence-electron chi connectivity index (χ1n) is 2.13. The first-order valence-corrected chi connectivity index (χ1v) is 2.13. The molecule has 0 N–H and O–H groups in total. The van der Waals surface area contributed by atoms with E-state index >= 15 is 0 Å². The topological polar surface area (TPSA) is 43.4 Å². The molecule has 4 heteroatoms. The number of cyclic esters (lactones) is 2. The summed E-state index contributed by atoms with van der Waals surface area (Å²) in [5.74, 6) is -1.09. The molecule has 0 saturated carbocycles. The average Bonchev–Trinajstić information content (AvgIpc) is 1.85. The molecule has 0 radical (unpaired) electrons. The monoisotopic (exact) mass is 148 g/mol. The van der Waals surface area contributed by atoms with Crippen LogP contribution in [0.1, 0.15) is 6.42 Å². The lowest BCUT2D eigenvalue weighted by molar-refractivity contribution is -0.151. The third-order valence-electron chi connectivity index (χ3n) is 0.853. The van der Waals surface area contributed by atoms with Crippen LogP contribution in [-0.4, -0.2) is 11.9 Å². The van der Waals surface area contributed by atoms with Crippen LogP contribution >= 0.6 is 12.4 Å². The molecule has 0 aliphatic carbocycles. The van der Waals surface area contributed by atoms with Crippen LogP contribution in [0.5, 0.6) is 0 Å². The van der Waals surface area contributed by atoms with Gasteiger partial charge in [0.2, 0.25) is 0 Å². The first-order chi connectivity index (χ1) is 3.70. The molecule has 0 spiro atoms. The van der Waals surface area contributed by atoms with Crippen molar-refractivity contribution in [2.45, 2.75) is 6.42 Å². The van der Waals surface area contributed by atoms with Gasteiger partial charge in [-0.15, -0.1) is 12.4 Å². The molecule has 1 fully saturated rings. The highest BCUT2D eigenvalue weighted by Crippen LogP contribution is 2.10. The second-order valence-electron chi connectivity index (χ2n) is 1.54. The van der Waals surface area contributed by atoms with E-state index in [9.17, 15) is 9.59 Å². The van der Waals surface area contributed by atoms with Crippen molar-refractivity contribution >= 4 is 24.3 Å². The molecule has 0 amide bonds. The fourth-order valence-corrected chi connectivity index (χ4v) is 0.458. The minimum Gasteiger partial charge on any atom is -0.389 e. The number of hydrogen-bond acceptors (Lipinski definition) is 3. The largest absolute Gasteiger partial charge is 0.389 e. The van der Waals surface area contributed by atoms with Gasteiger partial charge in [-0.1, -0.05) is 6.58 Å². The SMILES string of the molecule is C=C1CC(=O)OC1=O.Cl. The third kappa shape index (κ3) is 1.54. The van der Waals surface area contributed by atoms with Gasteiger partial charge >= 0.3 is 11.9 Å². The van der Waals surface area contributed by atoms with Crippen molar-refractivity contribution in [3.8, 4) is 0 Å². The van der Waals surface area contributed by atoms with Gasteiger partial charge in [0.05, 0.1) is 6.42 Å². The summed E-state index contributed by atoms with van der Waals surface area (Å²) in [6.07, 6.45) is 0.0544. The van der Waals surface area contributed by atoms with E-state index in [-0.39, 0.29) is 24.4 Å². The normalized spacial score (nSPS) is 17.1. The summed E-state index contributed by atoms with van der Waals surface area (Å²) in [7, 11) is 0. The molecule has 1 rings (SSSR count). The number of hydrogen-bond donors (Lipinski definition) is 0. The van der Waals surface area contributed by atoms with E-state index in [2.05, 4.69) is 11.3 Å². The molecule has 0 bridgehead atoms. The summed E-state index contributed by atoms with van der Waals surface area (Å²) in [4.78, 5) is 20.4. The number of rotatable bonds is 0. The maximum atomic E-state index is 10.2. The zero-order chi connectivity index (χ0) is 6.15. The fraction of sp³-hybridized carbons (Fsp3) is 0.200. The lowest BCUT2D eigenvalue weighted by atomic mass is 10.3. The minimum absolute atomic E-state index is 0. The van der Waals surface area contributed by atoms with Crippen LogP contribution < -0.4 is 0 Å². The second-order valence-corrected chi connectivity index (χ2v) is 1.54. The summed E-state index contributed by atoms with van der Waals surface area (Å²) in [6.45, 7) is 3.29. The van der Waals surface area contributed by atoms with E-state index in [0.29, 0.717) is 0 Å². The van der Waals surface area contributed by atoms with E-state index in [0.717, 1.165) is 0 Å². The van der Waals surface area contributed by atoms with Gasteiger partial charge in [0.25, 0.3) is 0 Å². The van der Waals surface area contributed by atoms with Crippen LogP contribution in [0.2, 0.25) is 0 Å². The Morgan fingerprint density at radius 1 is 1.44 bits per heavy atom. The number of ether oxygens (including phenoxy) is 1. The number of halogens is 1. The molecule has 1 saturated heterocycles. The first kappa shape index (κ1) is 8.17. The van der Waals surface area contributed by atoms with Gasteiger partial charge in [0, 0.05) is 5.57 Å². The fourth-order valence-electron chi connectivity index (χ4n) is 0.458. The maximum Gasteiger partial charge on any atom is 0.341 e. The number of carbonyl (C=O) groups is 2. The Labute approximate surface area is 58.1 Å². The van der Waals surface area contributed by atoms with Gasteiger partial charge in [-0.3, -0.25) is 4.79 Å². The Morgan fingerprint density at radius 3 is 2.11 bits per heavy atom. The number of esters is 2. The summed E-state index contributed by atoms with van der Waals surface area (Å²) < 4.78 is 4.10. The molecule has 0 unspecified atom stereocenters. The maximum absolute atomic E-state index is 10.2. The van der Waals surface area contributed by atoms with Crippen LogP contribution in [-0.2, 0) is 14.3 Å². The Kier molecular flexibility index (Phi) is 2.40. The Balaban J connectivity index is 0.000000640. The molecule has 0 atom stereocenters. The van der Waals surface area contributed by atoms with E-state index in [4.69, 9.17) is 0 Å². The molecule has 9 heavy (non-hydrogen) atoms. The molecular formula is C5H5ClO3. The summed E-state index contributed by atoms with van der Waals surface area (Å²) in [5, 5.41) is 0. The van der Waals surface area contributed by atoms with E-state index in [1.165, 1.54) is 0 Å². The van der Waals surface area contributed by atoms with Crippen LogP contribution in [0.3, 0.4) is 0 Å². The van der Waals surface area contributed by atoms with Crippen molar-refractivity contribution in [1.82, 2.24) is 0 Å². The van der Waals surface area contributed by atoms with Crippen molar-refractivity contribution in [2.24, 2.45) is 0 Å². The van der Waals surface area contributed by atoms with Gasteiger partial charge < -0.3 is 4.74 Å². The molecule has 1 aliphatic heterocycles. The quantitative estimate of drug-likeness (QED) is 0.284. The average molecular weight is 149 g/mol. The van der Waals surface area contributed by atoms with Crippen LogP contribution in [0.15, 0.2) is 12.2 Å². The van der Waals surface area contributed by atoms with E-state index in [1.807, 2.05) is 0 Å². The smallest absolute Gasteiger partial charge is 0.341 e. The Hall–Kier alpha value is -0.830. The standard InChI is InChI=1S/C5H4O3.ClH/c1-3-2-4(6)8-5(3)7;/h1-2H2;1H. The molecule has 0 aromatic heterocycles. The predicted octanol–water partition coefficient (Wildman–Crippen LogP) is 0.438. The van der Waals surface area contributed by atoms with Crippen molar-refractivity contribution in [3.05, 3.63) is 12.2 Å². The minimum atomic E-state index is -0.588. The number of carbonyl (C=O) groups excluding carboxylic acids is 2.